The standard InChI is InChI=1S/C14H12N4O4S/c19-12-7-22-14(21)18(12)8-5-17(6-8)13(20)10-4-9(15-16-10)11-2-1-3-23-11/h1-4,8H,5-7H2,(H,15,16). The highest BCUT2D eigenvalue weighted by atomic mass is 32.1. The first-order valence-electron chi connectivity index (χ1n) is 7.01. The smallest absolute Gasteiger partial charge is 0.417 e. The molecule has 2 fully saturated rings. The predicted molar refractivity (Wildman–Crippen MR) is 79.8 cm³/mol. The number of nitrogens with zero attached hydrogens (tertiary/aromatic N) is 3. The third-order valence-electron chi connectivity index (χ3n) is 3.88. The van der Waals surface area contributed by atoms with Gasteiger partial charge in [0.2, 0.25) is 0 Å². The van der Waals surface area contributed by atoms with Crippen LogP contribution >= 0.6 is 11.3 Å². The Labute approximate surface area is 134 Å². The molecule has 23 heavy (non-hydrogen) atoms. The molecule has 0 atom stereocenters. The van der Waals surface area contributed by atoms with Gasteiger partial charge in [0.15, 0.2) is 12.3 Å². The molecule has 0 radical (unpaired) electrons. The zero-order valence-corrected chi connectivity index (χ0v) is 12.7. The van der Waals surface area contributed by atoms with Crippen molar-refractivity contribution < 1.29 is 19.1 Å². The number of rotatable bonds is 3. The maximum absolute atomic E-state index is 12.4. The fourth-order valence-electron chi connectivity index (χ4n) is 2.65. The van der Waals surface area contributed by atoms with Gasteiger partial charge in [-0.15, -0.1) is 11.3 Å². The van der Waals surface area contributed by atoms with Gasteiger partial charge in [0.05, 0.1) is 16.6 Å². The van der Waals surface area contributed by atoms with Crippen LogP contribution in [0.4, 0.5) is 4.79 Å². The molecular weight excluding hydrogens is 320 g/mol. The van der Waals surface area contributed by atoms with Crippen LogP contribution in [0.25, 0.3) is 10.6 Å². The van der Waals surface area contributed by atoms with Gasteiger partial charge in [-0.3, -0.25) is 14.7 Å². The third-order valence-corrected chi connectivity index (χ3v) is 4.79. The van der Waals surface area contributed by atoms with E-state index < -0.39 is 6.09 Å². The van der Waals surface area contributed by atoms with Crippen molar-refractivity contribution in [1.29, 1.82) is 0 Å². The van der Waals surface area contributed by atoms with Crippen molar-refractivity contribution in [2.75, 3.05) is 19.7 Å². The second kappa shape index (κ2) is 5.20. The van der Waals surface area contributed by atoms with Gasteiger partial charge in [0, 0.05) is 13.1 Å². The number of thiophene rings is 1. The molecule has 9 heteroatoms. The van der Waals surface area contributed by atoms with Crippen LogP contribution < -0.4 is 0 Å². The maximum Gasteiger partial charge on any atom is 0.417 e. The first kappa shape index (κ1) is 13.9. The lowest BCUT2D eigenvalue weighted by molar-refractivity contribution is -0.129. The fraction of sp³-hybridized carbons (Fsp3) is 0.286. The molecular formula is C14H12N4O4S. The number of H-pyrrole nitrogens is 1. The van der Waals surface area contributed by atoms with E-state index in [0.29, 0.717) is 18.8 Å². The minimum Gasteiger partial charge on any atom is -0.439 e. The van der Waals surface area contributed by atoms with E-state index in [1.165, 1.54) is 0 Å². The summed E-state index contributed by atoms with van der Waals surface area (Å²) in [6, 6.07) is 5.26. The molecule has 0 bridgehead atoms. The highest BCUT2D eigenvalue weighted by Gasteiger charge is 2.44. The van der Waals surface area contributed by atoms with Crippen molar-refractivity contribution in [3.05, 3.63) is 29.3 Å². The van der Waals surface area contributed by atoms with E-state index >= 15 is 0 Å². The van der Waals surface area contributed by atoms with Crippen LogP contribution in [0, 0.1) is 0 Å². The number of aromatic amines is 1. The summed E-state index contributed by atoms with van der Waals surface area (Å²) in [5.41, 5.74) is 1.11. The average molecular weight is 332 g/mol. The Morgan fingerprint density at radius 1 is 1.39 bits per heavy atom. The number of aromatic nitrogens is 2. The summed E-state index contributed by atoms with van der Waals surface area (Å²) >= 11 is 1.56. The Morgan fingerprint density at radius 3 is 2.87 bits per heavy atom. The topological polar surface area (TPSA) is 95.6 Å². The van der Waals surface area contributed by atoms with Gasteiger partial charge < -0.3 is 9.64 Å². The number of ether oxygens (including phenoxy) is 1. The summed E-state index contributed by atoms with van der Waals surface area (Å²) in [6.07, 6.45) is -0.633. The second-order valence-electron chi connectivity index (χ2n) is 5.33. The molecule has 0 aromatic carbocycles. The van der Waals surface area contributed by atoms with Crippen molar-refractivity contribution >= 4 is 29.2 Å². The molecule has 0 saturated carbocycles. The van der Waals surface area contributed by atoms with E-state index in [0.717, 1.165) is 15.5 Å². The number of carbonyl (C=O) groups excluding carboxylic acids is 3. The minimum absolute atomic E-state index is 0.215. The van der Waals surface area contributed by atoms with Gasteiger partial charge in [-0.2, -0.15) is 5.10 Å². The van der Waals surface area contributed by atoms with Crippen molar-refractivity contribution in [3.8, 4) is 10.6 Å². The highest BCUT2D eigenvalue weighted by molar-refractivity contribution is 7.13. The number of hydrogen-bond donors (Lipinski definition) is 1. The van der Waals surface area contributed by atoms with Crippen LogP contribution in [0.15, 0.2) is 23.6 Å². The summed E-state index contributed by atoms with van der Waals surface area (Å²) in [5.74, 6) is -0.577. The molecule has 2 aliphatic rings. The van der Waals surface area contributed by atoms with Crippen LogP contribution in [0.3, 0.4) is 0 Å². The first-order valence-corrected chi connectivity index (χ1v) is 7.89. The van der Waals surface area contributed by atoms with Crippen molar-refractivity contribution in [2.24, 2.45) is 0 Å². The number of imide groups is 1. The van der Waals surface area contributed by atoms with Gasteiger partial charge in [-0.1, -0.05) is 6.07 Å². The summed E-state index contributed by atoms with van der Waals surface area (Å²) in [5, 5.41) is 8.84. The monoisotopic (exact) mass is 332 g/mol. The largest absolute Gasteiger partial charge is 0.439 e. The second-order valence-corrected chi connectivity index (χ2v) is 6.27. The van der Waals surface area contributed by atoms with Crippen LogP contribution in [-0.4, -0.2) is 63.6 Å². The van der Waals surface area contributed by atoms with E-state index in [2.05, 4.69) is 14.9 Å². The van der Waals surface area contributed by atoms with Crippen LogP contribution in [0.1, 0.15) is 10.5 Å². The molecule has 2 aliphatic heterocycles. The van der Waals surface area contributed by atoms with Crippen molar-refractivity contribution in [3.63, 3.8) is 0 Å². The highest BCUT2D eigenvalue weighted by Crippen LogP contribution is 2.25. The van der Waals surface area contributed by atoms with Gasteiger partial charge in [-0.25, -0.2) is 9.69 Å². The number of cyclic esters (lactones) is 1. The zero-order valence-electron chi connectivity index (χ0n) is 11.9. The number of nitrogens with one attached hydrogen (secondary N) is 1. The van der Waals surface area contributed by atoms with Crippen LogP contribution in [0.5, 0.6) is 0 Å². The van der Waals surface area contributed by atoms with Crippen molar-refractivity contribution in [1.82, 2.24) is 20.0 Å². The molecule has 4 rings (SSSR count). The molecule has 0 aliphatic carbocycles. The average Bonchev–Trinajstić information content (AvgIpc) is 3.20. The summed E-state index contributed by atoms with van der Waals surface area (Å²) < 4.78 is 4.68. The van der Waals surface area contributed by atoms with Gasteiger partial charge in [-0.05, 0) is 17.5 Å². The molecule has 0 spiro atoms. The van der Waals surface area contributed by atoms with E-state index in [1.807, 2.05) is 17.5 Å². The summed E-state index contributed by atoms with van der Waals surface area (Å²) in [7, 11) is 0. The molecule has 8 nitrogen and oxygen atoms in total. The summed E-state index contributed by atoms with van der Waals surface area (Å²) in [6.45, 7) is 0.397. The van der Waals surface area contributed by atoms with Crippen molar-refractivity contribution in [2.45, 2.75) is 6.04 Å². The number of amides is 3. The van der Waals surface area contributed by atoms with E-state index in [-0.39, 0.29) is 24.5 Å². The Morgan fingerprint density at radius 2 is 2.22 bits per heavy atom. The minimum atomic E-state index is -0.633. The lowest BCUT2D eigenvalue weighted by Crippen LogP contribution is -2.62. The van der Waals surface area contributed by atoms with Gasteiger partial charge in [0.25, 0.3) is 11.8 Å². The quantitative estimate of drug-likeness (QED) is 0.902. The SMILES string of the molecule is O=C(c1cc(-c2cccs2)[nH]n1)N1CC(N2C(=O)COC2=O)C1. The number of hydrogen-bond acceptors (Lipinski definition) is 6. The molecule has 2 aromatic rings. The Bertz CT molecular complexity index is 763. The van der Waals surface area contributed by atoms with Crippen LogP contribution in [-0.2, 0) is 9.53 Å². The third kappa shape index (κ3) is 2.29. The molecule has 3 amide bonds. The maximum atomic E-state index is 12.4. The molecule has 2 saturated heterocycles. The molecule has 0 unspecified atom stereocenters. The van der Waals surface area contributed by atoms with Gasteiger partial charge >= 0.3 is 6.09 Å². The summed E-state index contributed by atoms with van der Waals surface area (Å²) in [4.78, 5) is 39.0. The van der Waals surface area contributed by atoms with Crippen LogP contribution in [0.2, 0.25) is 0 Å². The number of carbonyl (C=O) groups is 3. The fourth-order valence-corrected chi connectivity index (χ4v) is 3.35. The molecule has 118 valence electrons. The predicted octanol–water partition coefficient (Wildman–Crippen LogP) is 0.941. The lowest BCUT2D eigenvalue weighted by atomic mass is 10.1. The lowest BCUT2D eigenvalue weighted by Gasteiger charge is -2.41. The zero-order chi connectivity index (χ0) is 16.0. The van der Waals surface area contributed by atoms with Gasteiger partial charge in [0.1, 0.15) is 0 Å². The molecule has 2 aromatic heterocycles. The molecule has 1 N–H and O–H groups in total. The Kier molecular flexibility index (Phi) is 3.15. The number of likely N-dealkylation sites (tertiary alicyclic amines) is 1. The van der Waals surface area contributed by atoms with E-state index in [4.69, 9.17) is 0 Å². The first-order chi connectivity index (χ1) is 11.1. The van der Waals surface area contributed by atoms with E-state index in [9.17, 15) is 14.4 Å². The normalized spacial score (nSPS) is 18.3. The van der Waals surface area contributed by atoms with E-state index in [1.54, 1.807) is 22.3 Å². The Balaban J connectivity index is 1.42. The molecule has 4 heterocycles. The Hall–Kier alpha value is -2.68.